The average molecular weight is 320 g/mol. The van der Waals surface area contributed by atoms with Crippen molar-refractivity contribution in [1.82, 2.24) is 4.57 Å². The summed E-state index contributed by atoms with van der Waals surface area (Å²) >= 11 is 5.93. The molecule has 0 spiro atoms. The summed E-state index contributed by atoms with van der Waals surface area (Å²) in [5, 5.41) is 0.597. The van der Waals surface area contributed by atoms with E-state index < -0.39 is 5.97 Å². The third-order valence-corrected chi connectivity index (χ3v) is 3.68. The minimum Gasteiger partial charge on any atom is -0.462 e. The molecule has 0 atom stereocenters. The number of carbonyl (C=O) groups excluding carboxylic acids is 1. The molecule has 2 aromatic rings. The maximum Gasteiger partial charge on any atom is 0.344 e. The lowest BCUT2D eigenvalue weighted by Crippen LogP contribution is -2.23. The number of hydrogen-bond donors (Lipinski definition) is 0. The molecule has 1 aromatic heterocycles. The lowest BCUT2D eigenvalue weighted by molar-refractivity contribution is 0.0525. The van der Waals surface area contributed by atoms with Gasteiger partial charge in [-0.3, -0.25) is 4.79 Å². The van der Waals surface area contributed by atoms with E-state index in [9.17, 15) is 9.59 Å². The van der Waals surface area contributed by atoms with Gasteiger partial charge < -0.3 is 9.30 Å². The van der Waals surface area contributed by atoms with Gasteiger partial charge in [0.1, 0.15) is 5.56 Å². The fourth-order valence-electron chi connectivity index (χ4n) is 2.48. The first-order valence-corrected chi connectivity index (χ1v) is 7.54. The Kier molecular flexibility index (Phi) is 5.03. The summed E-state index contributed by atoms with van der Waals surface area (Å²) in [7, 11) is 0. The minimum atomic E-state index is -0.598. The molecule has 0 aliphatic carbocycles. The van der Waals surface area contributed by atoms with E-state index >= 15 is 0 Å². The molecule has 1 aromatic carbocycles. The Bertz CT molecular complexity index is 748. The number of esters is 1. The van der Waals surface area contributed by atoms with Gasteiger partial charge in [-0.1, -0.05) is 23.7 Å². The minimum absolute atomic E-state index is 0.0663. The van der Waals surface area contributed by atoms with Gasteiger partial charge in [0.2, 0.25) is 0 Å². The predicted octanol–water partition coefficient (Wildman–Crippen LogP) is 3.67. The number of aromatic nitrogens is 1. The van der Waals surface area contributed by atoms with Crippen LogP contribution < -0.4 is 5.43 Å². The van der Waals surface area contributed by atoms with Crippen LogP contribution >= 0.6 is 11.6 Å². The first-order valence-electron chi connectivity index (χ1n) is 7.17. The zero-order chi connectivity index (χ0) is 16.3. The molecule has 0 N–H and O–H groups in total. The van der Waals surface area contributed by atoms with Crippen LogP contribution in [0.1, 0.15) is 29.9 Å². The lowest BCUT2D eigenvalue weighted by atomic mass is 10.0. The summed E-state index contributed by atoms with van der Waals surface area (Å²) in [5.41, 5.74) is 1.87. The number of nitrogens with zero attached hydrogens (tertiary/aromatic N) is 1. The fourth-order valence-corrected chi connectivity index (χ4v) is 2.61. The molecule has 2 rings (SSSR count). The quantitative estimate of drug-likeness (QED) is 0.808. The smallest absolute Gasteiger partial charge is 0.344 e. The lowest BCUT2D eigenvalue weighted by Gasteiger charge is -2.18. The van der Waals surface area contributed by atoms with Crippen molar-refractivity contribution in [3.05, 3.63) is 56.8 Å². The Morgan fingerprint density at radius 1 is 1.23 bits per heavy atom. The van der Waals surface area contributed by atoms with Crippen LogP contribution in [-0.4, -0.2) is 17.1 Å². The van der Waals surface area contributed by atoms with Gasteiger partial charge in [-0.2, -0.15) is 0 Å². The maximum atomic E-state index is 12.3. The number of aryl methyl sites for hydroxylation is 1. The summed E-state index contributed by atoms with van der Waals surface area (Å²) in [5.74, 6) is -0.598. The number of pyridine rings is 1. The Morgan fingerprint density at radius 2 is 1.86 bits per heavy atom. The van der Waals surface area contributed by atoms with E-state index in [2.05, 4.69) is 0 Å². The van der Waals surface area contributed by atoms with Crippen molar-refractivity contribution >= 4 is 17.6 Å². The highest BCUT2D eigenvalue weighted by molar-refractivity contribution is 6.30. The van der Waals surface area contributed by atoms with Gasteiger partial charge in [0.25, 0.3) is 0 Å². The molecule has 4 nitrogen and oxygen atoms in total. The van der Waals surface area contributed by atoms with Crippen molar-refractivity contribution in [1.29, 1.82) is 0 Å². The van der Waals surface area contributed by atoms with Crippen LogP contribution in [0.4, 0.5) is 0 Å². The summed E-state index contributed by atoms with van der Waals surface area (Å²) in [6.07, 6.45) is 0. The number of benzene rings is 1. The monoisotopic (exact) mass is 319 g/mol. The molecular formula is C17H18ClNO3. The zero-order valence-corrected chi connectivity index (χ0v) is 13.6. The first-order chi connectivity index (χ1) is 10.5. The Hall–Kier alpha value is -2.07. The molecule has 0 saturated heterocycles. The maximum absolute atomic E-state index is 12.3. The van der Waals surface area contributed by atoms with E-state index in [-0.39, 0.29) is 17.6 Å². The molecule has 22 heavy (non-hydrogen) atoms. The second kappa shape index (κ2) is 6.79. The average Bonchev–Trinajstić information content (AvgIpc) is 2.47. The number of halogens is 1. The largest absolute Gasteiger partial charge is 0.462 e. The molecule has 1 heterocycles. The molecular weight excluding hydrogens is 302 g/mol. The highest BCUT2D eigenvalue weighted by atomic mass is 35.5. The summed E-state index contributed by atoms with van der Waals surface area (Å²) in [4.78, 5) is 24.6. The molecule has 0 radical (unpaired) electrons. The molecule has 0 aliphatic rings. The molecule has 0 aliphatic heterocycles. The van der Waals surface area contributed by atoms with Crippen LogP contribution in [-0.2, 0) is 11.3 Å². The molecule has 0 bridgehead atoms. The predicted molar refractivity (Wildman–Crippen MR) is 87.5 cm³/mol. The van der Waals surface area contributed by atoms with E-state index in [1.807, 2.05) is 18.4 Å². The van der Waals surface area contributed by atoms with Gasteiger partial charge in [0.05, 0.1) is 12.3 Å². The Balaban J connectivity index is 2.80. The van der Waals surface area contributed by atoms with E-state index in [4.69, 9.17) is 16.3 Å². The normalized spacial score (nSPS) is 10.5. The summed E-state index contributed by atoms with van der Waals surface area (Å²) in [6, 6.07) is 8.53. The van der Waals surface area contributed by atoms with Gasteiger partial charge in [-0.25, -0.2) is 4.79 Å². The van der Waals surface area contributed by atoms with Crippen LogP contribution in [0, 0.1) is 6.92 Å². The SMILES string of the molecule is CCOC(=O)c1c(-c2ccc(Cl)cc2)n(CC)c(C)cc1=O. The Morgan fingerprint density at radius 3 is 2.41 bits per heavy atom. The van der Waals surface area contributed by atoms with Crippen LogP contribution in [0.15, 0.2) is 35.1 Å². The summed E-state index contributed by atoms with van der Waals surface area (Å²) in [6.45, 7) is 6.38. The van der Waals surface area contributed by atoms with Crippen molar-refractivity contribution in [3.63, 3.8) is 0 Å². The second-order valence-electron chi connectivity index (χ2n) is 4.85. The van der Waals surface area contributed by atoms with E-state index in [1.54, 1.807) is 31.2 Å². The zero-order valence-electron chi connectivity index (χ0n) is 12.9. The van der Waals surface area contributed by atoms with Crippen LogP contribution in [0.25, 0.3) is 11.3 Å². The van der Waals surface area contributed by atoms with E-state index in [0.717, 1.165) is 11.3 Å². The highest BCUT2D eigenvalue weighted by Crippen LogP contribution is 2.25. The van der Waals surface area contributed by atoms with Crippen molar-refractivity contribution < 1.29 is 9.53 Å². The standard InChI is InChI=1S/C17H18ClNO3/c1-4-19-11(3)10-14(20)15(17(21)22-5-2)16(19)12-6-8-13(18)9-7-12/h6-10H,4-5H2,1-3H3. The van der Waals surface area contributed by atoms with Crippen molar-refractivity contribution in [3.8, 4) is 11.3 Å². The van der Waals surface area contributed by atoms with Crippen molar-refractivity contribution in [2.24, 2.45) is 0 Å². The topological polar surface area (TPSA) is 48.3 Å². The van der Waals surface area contributed by atoms with Gasteiger partial charge >= 0.3 is 5.97 Å². The van der Waals surface area contributed by atoms with Gasteiger partial charge in [-0.05, 0) is 38.5 Å². The fraction of sp³-hybridized carbons (Fsp3) is 0.294. The van der Waals surface area contributed by atoms with Gasteiger partial charge in [0.15, 0.2) is 5.43 Å². The number of hydrogen-bond acceptors (Lipinski definition) is 3. The molecule has 116 valence electrons. The number of carbonyl (C=O) groups is 1. The van der Waals surface area contributed by atoms with Gasteiger partial charge in [0, 0.05) is 23.3 Å². The van der Waals surface area contributed by atoms with E-state index in [1.165, 1.54) is 6.07 Å². The third kappa shape index (κ3) is 3.07. The van der Waals surface area contributed by atoms with Gasteiger partial charge in [-0.15, -0.1) is 0 Å². The van der Waals surface area contributed by atoms with Crippen LogP contribution in [0.5, 0.6) is 0 Å². The third-order valence-electron chi connectivity index (χ3n) is 3.43. The van der Waals surface area contributed by atoms with Crippen LogP contribution in [0.3, 0.4) is 0 Å². The number of rotatable bonds is 4. The Labute approximate surface area is 134 Å². The van der Waals surface area contributed by atoms with Crippen molar-refractivity contribution in [2.75, 3.05) is 6.61 Å². The van der Waals surface area contributed by atoms with Crippen molar-refractivity contribution in [2.45, 2.75) is 27.3 Å². The first kappa shape index (κ1) is 16.3. The molecule has 0 unspecified atom stereocenters. The second-order valence-corrected chi connectivity index (χ2v) is 5.28. The molecule has 0 saturated carbocycles. The summed E-state index contributed by atoms with van der Waals surface area (Å²) < 4.78 is 6.98. The number of ether oxygens (including phenoxy) is 1. The molecule has 0 fully saturated rings. The molecule has 0 amide bonds. The van der Waals surface area contributed by atoms with Crippen LogP contribution in [0.2, 0.25) is 5.02 Å². The molecule has 5 heteroatoms. The highest BCUT2D eigenvalue weighted by Gasteiger charge is 2.22. The van der Waals surface area contributed by atoms with E-state index in [0.29, 0.717) is 17.3 Å².